The molecule has 0 fully saturated rings. The molecule has 0 heterocycles. The number of sulfonamides is 1. The van der Waals surface area contributed by atoms with Gasteiger partial charge in [0.1, 0.15) is 6.54 Å². The van der Waals surface area contributed by atoms with Gasteiger partial charge in [-0.05, 0) is 60.4 Å². The number of nitrogens with one attached hydrogen (secondary N) is 1. The van der Waals surface area contributed by atoms with Crippen LogP contribution in [0.2, 0.25) is 0 Å². The molecule has 1 atom stereocenters. The zero-order valence-electron chi connectivity index (χ0n) is 19.8. The molecule has 0 bridgehead atoms. The normalized spacial score (nSPS) is 12.1. The van der Waals surface area contributed by atoms with Gasteiger partial charge in [0.2, 0.25) is 5.91 Å². The van der Waals surface area contributed by atoms with Crippen LogP contribution < -0.4 is 9.62 Å². The molecule has 0 spiro atoms. The maximum atomic E-state index is 13.6. The molecule has 4 aromatic rings. The Bertz CT molecular complexity index is 1400. The summed E-state index contributed by atoms with van der Waals surface area (Å²) >= 11 is 0. The van der Waals surface area contributed by atoms with Crippen LogP contribution in [-0.4, -0.2) is 20.9 Å². The van der Waals surface area contributed by atoms with Crippen molar-refractivity contribution >= 4 is 21.6 Å². The van der Waals surface area contributed by atoms with Crippen LogP contribution in [0, 0.1) is 13.8 Å². The van der Waals surface area contributed by atoms with E-state index in [1.807, 2.05) is 74.5 Å². The lowest BCUT2D eigenvalue weighted by molar-refractivity contribution is -0.120. The van der Waals surface area contributed by atoms with Crippen LogP contribution in [0.4, 0.5) is 5.69 Å². The van der Waals surface area contributed by atoms with Crippen molar-refractivity contribution in [1.29, 1.82) is 0 Å². The number of anilines is 1. The van der Waals surface area contributed by atoms with Gasteiger partial charge in [0.15, 0.2) is 0 Å². The molecule has 0 aromatic heterocycles. The van der Waals surface area contributed by atoms with Gasteiger partial charge in [0.25, 0.3) is 10.0 Å². The van der Waals surface area contributed by atoms with E-state index < -0.39 is 22.0 Å². The molecule has 0 saturated heterocycles. The van der Waals surface area contributed by atoms with Crippen molar-refractivity contribution in [2.45, 2.75) is 24.8 Å². The molecule has 0 radical (unpaired) electrons. The van der Waals surface area contributed by atoms with E-state index in [9.17, 15) is 13.2 Å². The molecule has 0 aliphatic heterocycles. The Morgan fingerprint density at radius 2 is 1.43 bits per heavy atom. The van der Waals surface area contributed by atoms with E-state index >= 15 is 0 Å². The quantitative estimate of drug-likeness (QED) is 0.364. The average Bonchev–Trinajstić information content (AvgIpc) is 2.87. The summed E-state index contributed by atoms with van der Waals surface area (Å²) in [5.74, 6) is -0.400. The Labute approximate surface area is 207 Å². The number of carbonyl (C=O) groups is 1. The Kier molecular flexibility index (Phi) is 7.32. The van der Waals surface area contributed by atoms with Crippen molar-refractivity contribution in [2.24, 2.45) is 0 Å². The van der Waals surface area contributed by atoms with Crippen LogP contribution in [0.25, 0.3) is 0 Å². The molecular formula is C29H28N2O3S. The summed E-state index contributed by atoms with van der Waals surface area (Å²) in [5.41, 5.74) is 4.26. The molecule has 6 heteroatoms. The summed E-state index contributed by atoms with van der Waals surface area (Å²) in [6, 6.07) is 32.5. The number of rotatable bonds is 8. The van der Waals surface area contributed by atoms with E-state index in [2.05, 4.69) is 5.32 Å². The molecule has 1 N–H and O–H groups in total. The highest BCUT2D eigenvalue weighted by molar-refractivity contribution is 7.92. The Morgan fingerprint density at radius 3 is 2.09 bits per heavy atom. The smallest absolute Gasteiger partial charge is 0.264 e. The van der Waals surface area contributed by atoms with Crippen molar-refractivity contribution in [3.63, 3.8) is 0 Å². The molecule has 1 amide bonds. The second-order valence-corrected chi connectivity index (χ2v) is 10.3. The predicted octanol–water partition coefficient (Wildman–Crippen LogP) is 5.40. The number of nitrogens with zero attached hydrogens (tertiary/aromatic N) is 1. The number of benzene rings is 4. The summed E-state index contributed by atoms with van der Waals surface area (Å²) < 4.78 is 28.4. The Balaban J connectivity index is 1.70. The third kappa shape index (κ3) is 5.61. The highest BCUT2D eigenvalue weighted by atomic mass is 32.2. The monoisotopic (exact) mass is 484 g/mol. The fraction of sp³-hybridized carbons (Fsp3) is 0.138. The van der Waals surface area contributed by atoms with E-state index in [0.29, 0.717) is 5.69 Å². The summed E-state index contributed by atoms with van der Waals surface area (Å²) in [7, 11) is -3.97. The highest BCUT2D eigenvalue weighted by Gasteiger charge is 2.28. The lowest BCUT2D eigenvalue weighted by Gasteiger charge is -2.27. The molecule has 0 saturated carbocycles. The Morgan fingerprint density at radius 1 is 0.800 bits per heavy atom. The van der Waals surface area contributed by atoms with Crippen molar-refractivity contribution < 1.29 is 13.2 Å². The fourth-order valence-corrected chi connectivity index (χ4v) is 5.49. The molecule has 0 aliphatic carbocycles. The predicted molar refractivity (Wildman–Crippen MR) is 140 cm³/mol. The van der Waals surface area contributed by atoms with Gasteiger partial charge in [-0.15, -0.1) is 0 Å². The number of aryl methyl sites for hydroxylation is 2. The minimum atomic E-state index is -3.97. The molecule has 0 aliphatic rings. The first-order valence-corrected chi connectivity index (χ1v) is 12.8. The van der Waals surface area contributed by atoms with Crippen molar-refractivity contribution in [2.75, 3.05) is 10.8 Å². The third-order valence-corrected chi connectivity index (χ3v) is 7.63. The van der Waals surface area contributed by atoms with Crippen LogP contribution in [0.15, 0.2) is 114 Å². The molecule has 4 aromatic carbocycles. The molecule has 35 heavy (non-hydrogen) atoms. The number of hydrogen-bond acceptors (Lipinski definition) is 3. The van der Waals surface area contributed by atoms with Gasteiger partial charge < -0.3 is 5.32 Å². The first-order chi connectivity index (χ1) is 16.9. The summed E-state index contributed by atoms with van der Waals surface area (Å²) in [4.78, 5) is 13.6. The minimum absolute atomic E-state index is 0.132. The zero-order valence-corrected chi connectivity index (χ0v) is 20.6. The van der Waals surface area contributed by atoms with E-state index in [-0.39, 0.29) is 11.4 Å². The summed E-state index contributed by atoms with van der Waals surface area (Å²) in [6.45, 7) is 3.53. The van der Waals surface area contributed by atoms with Gasteiger partial charge in [-0.1, -0.05) is 84.9 Å². The van der Waals surface area contributed by atoms with E-state index in [4.69, 9.17) is 0 Å². The van der Waals surface area contributed by atoms with Crippen molar-refractivity contribution in [3.8, 4) is 0 Å². The van der Waals surface area contributed by atoms with Gasteiger partial charge in [0.05, 0.1) is 16.6 Å². The average molecular weight is 485 g/mol. The van der Waals surface area contributed by atoms with E-state index in [0.717, 1.165) is 22.3 Å². The third-order valence-electron chi connectivity index (χ3n) is 5.85. The fourth-order valence-electron chi connectivity index (χ4n) is 4.05. The molecular weight excluding hydrogens is 456 g/mol. The lowest BCUT2D eigenvalue weighted by atomic mass is 9.95. The summed E-state index contributed by atoms with van der Waals surface area (Å²) in [6.07, 6.45) is 0. The van der Waals surface area contributed by atoms with Gasteiger partial charge >= 0.3 is 0 Å². The van der Waals surface area contributed by atoms with E-state index in [1.54, 1.807) is 36.4 Å². The van der Waals surface area contributed by atoms with Crippen molar-refractivity contribution in [3.05, 3.63) is 131 Å². The second kappa shape index (κ2) is 10.6. The number of amides is 1. The number of carbonyl (C=O) groups excluding carboxylic acids is 1. The van der Waals surface area contributed by atoms with Gasteiger partial charge in [-0.2, -0.15) is 0 Å². The lowest BCUT2D eigenvalue weighted by Crippen LogP contribution is -2.42. The Hall–Kier alpha value is -3.90. The molecule has 1 unspecified atom stereocenters. The van der Waals surface area contributed by atoms with Crippen molar-refractivity contribution in [1.82, 2.24) is 5.32 Å². The summed E-state index contributed by atoms with van der Waals surface area (Å²) in [5, 5.41) is 3.08. The maximum absolute atomic E-state index is 13.6. The largest absolute Gasteiger partial charge is 0.344 e. The topological polar surface area (TPSA) is 66.5 Å². The molecule has 5 nitrogen and oxygen atoms in total. The van der Waals surface area contributed by atoms with Gasteiger partial charge in [-0.25, -0.2) is 8.42 Å². The van der Waals surface area contributed by atoms with Crippen LogP contribution in [0.1, 0.15) is 28.3 Å². The number of hydrogen-bond donors (Lipinski definition) is 1. The highest BCUT2D eigenvalue weighted by Crippen LogP contribution is 2.27. The van der Waals surface area contributed by atoms with E-state index in [1.165, 1.54) is 16.4 Å². The van der Waals surface area contributed by atoms with Crippen LogP contribution in [0.5, 0.6) is 0 Å². The van der Waals surface area contributed by atoms with Gasteiger partial charge in [-0.3, -0.25) is 9.10 Å². The van der Waals surface area contributed by atoms with Crippen LogP contribution in [-0.2, 0) is 14.8 Å². The minimum Gasteiger partial charge on any atom is -0.344 e. The first-order valence-electron chi connectivity index (χ1n) is 11.4. The van der Waals surface area contributed by atoms with Gasteiger partial charge in [0, 0.05) is 0 Å². The van der Waals surface area contributed by atoms with Crippen LogP contribution in [0.3, 0.4) is 0 Å². The molecule has 178 valence electrons. The first kappa shape index (κ1) is 24.2. The zero-order chi connectivity index (χ0) is 24.8. The SMILES string of the molecule is Cc1cccc(N(CC(=O)NC(c2ccccc2)c2ccccc2C)S(=O)(=O)c2ccccc2)c1. The standard InChI is InChI=1S/C29H28N2O3S/c1-22-12-11-16-25(20-22)31(35(33,34)26-17-7-4-8-18-26)21-28(32)30-29(24-14-5-3-6-15-24)27-19-10-9-13-23(27)2/h3-20,29H,21H2,1-2H3,(H,30,32). The molecule has 4 rings (SSSR count). The maximum Gasteiger partial charge on any atom is 0.264 e. The van der Waals surface area contributed by atoms with Crippen LogP contribution >= 0.6 is 0 Å². The second-order valence-electron chi connectivity index (χ2n) is 8.43.